The average molecular weight is 270 g/mol. The van der Waals surface area contributed by atoms with Crippen LogP contribution in [-0.2, 0) is 0 Å². The fraction of sp³-hybridized carbons (Fsp3) is 0.214. The molecule has 0 saturated heterocycles. The van der Waals surface area contributed by atoms with Crippen LogP contribution in [0.3, 0.4) is 0 Å². The van der Waals surface area contributed by atoms with Gasteiger partial charge in [-0.15, -0.1) is 0 Å². The van der Waals surface area contributed by atoms with Crippen LogP contribution in [0.5, 0.6) is 0 Å². The number of nitrogens with zero attached hydrogens (tertiary/aromatic N) is 4. The summed E-state index contributed by atoms with van der Waals surface area (Å²) in [6.45, 7) is 6.19. The molecule has 5 heteroatoms. The molecule has 96 valence electrons. The molecule has 19 heavy (non-hydrogen) atoms. The molecule has 1 aromatic carbocycles. The van der Waals surface area contributed by atoms with E-state index in [1.165, 1.54) is 10.5 Å². The molecule has 0 N–H and O–H groups in total. The van der Waals surface area contributed by atoms with Gasteiger partial charge < -0.3 is 0 Å². The van der Waals surface area contributed by atoms with Crippen LogP contribution in [-0.4, -0.2) is 19.6 Å². The Morgan fingerprint density at radius 2 is 1.89 bits per heavy atom. The third-order valence-electron chi connectivity index (χ3n) is 3.15. The zero-order chi connectivity index (χ0) is 13.4. The molecule has 0 atom stereocenters. The lowest BCUT2D eigenvalue weighted by atomic mass is 10.2. The van der Waals surface area contributed by atoms with Gasteiger partial charge in [0.25, 0.3) is 5.78 Å². The van der Waals surface area contributed by atoms with E-state index in [1.54, 1.807) is 22.6 Å². The smallest absolute Gasteiger partial charge is 0.216 e. The molecule has 0 aliphatic rings. The van der Waals surface area contributed by atoms with Crippen LogP contribution in [0.15, 0.2) is 40.5 Å². The minimum absolute atomic E-state index is 0.652. The number of hydrogen-bond acceptors (Lipinski definition) is 4. The molecule has 0 radical (unpaired) electrons. The van der Waals surface area contributed by atoms with Crippen LogP contribution in [0.2, 0.25) is 0 Å². The van der Waals surface area contributed by atoms with E-state index in [4.69, 9.17) is 0 Å². The maximum absolute atomic E-state index is 4.44. The molecule has 0 aliphatic carbocycles. The van der Waals surface area contributed by atoms with Crippen LogP contribution in [0.1, 0.15) is 16.8 Å². The van der Waals surface area contributed by atoms with Crippen molar-refractivity contribution >= 4 is 17.5 Å². The molecule has 2 heterocycles. The van der Waals surface area contributed by atoms with Gasteiger partial charge in [-0.25, -0.2) is 4.98 Å². The van der Waals surface area contributed by atoms with Crippen LogP contribution >= 0.6 is 11.8 Å². The van der Waals surface area contributed by atoms with Gasteiger partial charge in [-0.05, 0) is 32.4 Å². The molecular formula is C14H14N4S. The summed E-state index contributed by atoms with van der Waals surface area (Å²) in [5, 5.41) is 5.35. The Morgan fingerprint density at radius 1 is 1.11 bits per heavy atom. The summed E-state index contributed by atoms with van der Waals surface area (Å²) < 4.78 is 1.80. The van der Waals surface area contributed by atoms with Crippen molar-refractivity contribution in [2.45, 2.75) is 30.7 Å². The maximum atomic E-state index is 4.44. The number of hydrogen-bond donors (Lipinski definition) is 0. The summed E-state index contributed by atoms with van der Waals surface area (Å²) in [6.07, 6.45) is 1.54. The first kappa shape index (κ1) is 12.2. The number of benzene rings is 1. The van der Waals surface area contributed by atoms with Crippen LogP contribution < -0.4 is 0 Å². The van der Waals surface area contributed by atoms with Crippen molar-refractivity contribution in [3.63, 3.8) is 0 Å². The lowest BCUT2D eigenvalue weighted by Crippen LogP contribution is -2.01. The first-order valence-corrected chi connectivity index (χ1v) is 6.89. The van der Waals surface area contributed by atoms with Crippen molar-refractivity contribution in [2.75, 3.05) is 0 Å². The third-order valence-corrected chi connectivity index (χ3v) is 4.50. The normalized spacial score (nSPS) is 11.1. The lowest BCUT2D eigenvalue weighted by molar-refractivity contribution is 0.814. The van der Waals surface area contributed by atoms with Gasteiger partial charge in [0, 0.05) is 16.2 Å². The zero-order valence-electron chi connectivity index (χ0n) is 11.1. The molecule has 3 rings (SSSR count). The molecule has 0 fully saturated rings. The summed E-state index contributed by atoms with van der Waals surface area (Å²) in [4.78, 5) is 9.84. The van der Waals surface area contributed by atoms with Gasteiger partial charge in [-0.2, -0.15) is 14.6 Å². The molecule has 0 spiro atoms. The van der Waals surface area contributed by atoms with Crippen molar-refractivity contribution in [2.24, 2.45) is 0 Å². The summed E-state index contributed by atoms with van der Waals surface area (Å²) >= 11 is 1.71. The van der Waals surface area contributed by atoms with Gasteiger partial charge in [0.15, 0.2) is 0 Å². The second-order valence-electron chi connectivity index (χ2n) is 4.47. The maximum Gasteiger partial charge on any atom is 0.253 e. The second kappa shape index (κ2) is 4.66. The Balaban J connectivity index is 2.17. The molecule has 0 unspecified atom stereocenters. The van der Waals surface area contributed by atoms with Crippen LogP contribution in [0.25, 0.3) is 5.78 Å². The minimum atomic E-state index is 0.652. The fourth-order valence-electron chi connectivity index (χ4n) is 1.90. The molecule has 0 aliphatic heterocycles. The monoisotopic (exact) mass is 270 g/mol. The van der Waals surface area contributed by atoms with Crippen LogP contribution in [0, 0.1) is 20.8 Å². The van der Waals surface area contributed by atoms with Crippen LogP contribution in [0.4, 0.5) is 0 Å². The van der Waals surface area contributed by atoms with E-state index in [0.717, 1.165) is 16.3 Å². The largest absolute Gasteiger partial charge is 0.253 e. The Labute approximate surface area is 115 Å². The number of aryl methyl sites for hydroxylation is 2. The first-order chi connectivity index (χ1) is 9.16. The van der Waals surface area contributed by atoms with E-state index in [2.05, 4.69) is 53.2 Å². The van der Waals surface area contributed by atoms with E-state index >= 15 is 0 Å². The molecule has 4 nitrogen and oxygen atoms in total. The minimum Gasteiger partial charge on any atom is -0.216 e. The second-order valence-corrected chi connectivity index (χ2v) is 5.50. The Bertz CT molecular complexity index is 748. The first-order valence-electron chi connectivity index (χ1n) is 6.07. The Morgan fingerprint density at radius 3 is 2.68 bits per heavy atom. The standard InChI is InChI=1S/C14H14N4S/c1-9-6-4-5-7-12(9)19-13-10(2)11(3)17-14-15-8-16-18(13)14/h4-8H,1-3H3. The number of aromatic nitrogens is 4. The zero-order valence-corrected chi connectivity index (χ0v) is 11.9. The van der Waals surface area contributed by atoms with Gasteiger partial charge in [0.2, 0.25) is 0 Å². The van der Waals surface area contributed by atoms with Crippen molar-refractivity contribution in [1.82, 2.24) is 19.6 Å². The van der Waals surface area contributed by atoms with E-state index in [-0.39, 0.29) is 0 Å². The average Bonchev–Trinajstić information content (AvgIpc) is 2.85. The molecule has 3 aromatic rings. The Hall–Kier alpha value is -1.88. The number of rotatable bonds is 2. The summed E-state index contributed by atoms with van der Waals surface area (Å²) in [5.41, 5.74) is 3.40. The predicted molar refractivity (Wildman–Crippen MR) is 75.6 cm³/mol. The summed E-state index contributed by atoms with van der Waals surface area (Å²) in [5.74, 6) is 0.652. The summed E-state index contributed by atoms with van der Waals surface area (Å²) in [6, 6.07) is 8.34. The predicted octanol–water partition coefficient (Wildman–Crippen LogP) is 3.20. The molecular weight excluding hydrogens is 256 g/mol. The molecule has 0 bridgehead atoms. The van der Waals surface area contributed by atoms with Gasteiger partial charge >= 0.3 is 0 Å². The van der Waals surface area contributed by atoms with E-state index < -0.39 is 0 Å². The molecule has 2 aromatic heterocycles. The van der Waals surface area contributed by atoms with Crippen molar-refractivity contribution in [3.8, 4) is 0 Å². The van der Waals surface area contributed by atoms with E-state index in [9.17, 15) is 0 Å². The van der Waals surface area contributed by atoms with E-state index in [0.29, 0.717) is 5.78 Å². The highest BCUT2D eigenvalue weighted by atomic mass is 32.2. The van der Waals surface area contributed by atoms with Crippen molar-refractivity contribution < 1.29 is 0 Å². The van der Waals surface area contributed by atoms with Crippen molar-refractivity contribution in [1.29, 1.82) is 0 Å². The topological polar surface area (TPSA) is 43.1 Å². The number of fused-ring (bicyclic) bond motifs is 1. The SMILES string of the molecule is Cc1ccccc1Sc1c(C)c(C)nc2ncnn12. The third kappa shape index (κ3) is 2.10. The Kier molecular flexibility index (Phi) is 2.98. The quantitative estimate of drug-likeness (QED) is 0.671. The van der Waals surface area contributed by atoms with Gasteiger partial charge in [0.05, 0.1) is 0 Å². The fourth-order valence-corrected chi connectivity index (χ4v) is 3.00. The van der Waals surface area contributed by atoms with Gasteiger partial charge in [-0.3, -0.25) is 0 Å². The highest BCUT2D eigenvalue weighted by molar-refractivity contribution is 7.99. The van der Waals surface area contributed by atoms with Gasteiger partial charge in [-0.1, -0.05) is 30.0 Å². The highest BCUT2D eigenvalue weighted by Gasteiger charge is 2.13. The molecule has 0 saturated carbocycles. The van der Waals surface area contributed by atoms with Gasteiger partial charge in [0.1, 0.15) is 11.4 Å². The van der Waals surface area contributed by atoms with Crippen molar-refractivity contribution in [3.05, 3.63) is 47.4 Å². The lowest BCUT2D eigenvalue weighted by Gasteiger charge is -2.10. The summed E-state index contributed by atoms with van der Waals surface area (Å²) in [7, 11) is 0. The van der Waals surface area contributed by atoms with E-state index in [1.807, 2.05) is 6.92 Å². The highest BCUT2D eigenvalue weighted by Crippen LogP contribution is 2.32. The molecule has 0 amide bonds.